The summed E-state index contributed by atoms with van der Waals surface area (Å²) >= 11 is 0. The minimum Gasteiger partial charge on any atom is -0.396 e. The monoisotopic (exact) mass is 287 g/mol. The van der Waals surface area contributed by atoms with Crippen LogP contribution in [0.25, 0.3) is 0 Å². The summed E-state index contributed by atoms with van der Waals surface area (Å²) in [5.41, 5.74) is 0. The van der Waals surface area contributed by atoms with Crippen LogP contribution in [0.15, 0.2) is 0 Å². The summed E-state index contributed by atoms with van der Waals surface area (Å²) < 4.78 is 0. The first-order valence-electron chi connectivity index (χ1n) is 5.85. The first-order chi connectivity index (χ1) is 8.16. The summed E-state index contributed by atoms with van der Waals surface area (Å²) in [6.45, 7) is 2.27. The third kappa shape index (κ3) is 6.06. The van der Waals surface area contributed by atoms with Crippen LogP contribution >= 0.6 is 0 Å². The molecule has 10 radical (unpaired) electrons. The molecular weight excluding hydrogens is 266 g/mol. The second-order valence-corrected chi connectivity index (χ2v) is 4.27. The van der Waals surface area contributed by atoms with Gasteiger partial charge in [-0.1, -0.05) is 0 Å². The van der Waals surface area contributed by atoms with Crippen LogP contribution in [-0.2, 0) is 17.1 Å². The van der Waals surface area contributed by atoms with Crippen molar-refractivity contribution in [3.8, 4) is 0 Å². The van der Waals surface area contributed by atoms with Crippen molar-refractivity contribution >= 4 is 0 Å². The summed E-state index contributed by atoms with van der Waals surface area (Å²) in [7, 11) is 4.08. The average molecular weight is 287 g/mol. The number of rotatable bonds is 3. The van der Waals surface area contributed by atoms with E-state index in [2.05, 4.69) is 18.2 Å². The summed E-state index contributed by atoms with van der Waals surface area (Å²) in [5, 5.41) is 9.02. The Morgan fingerprint density at radius 2 is 1.50 bits per heavy atom. The molecule has 2 aliphatic carbocycles. The fourth-order valence-electron chi connectivity index (χ4n) is 1.62. The maximum absolute atomic E-state index is 9.02. The largest absolute Gasteiger partial charge is 2.00 e. The molecular formula is C15H21FeNO+2. The third-order valence-electron chi connectivity index (χ3n) is 2.89. The van der Waals surface area contributed by atoms with E-state index < -0.39 is 0 Å². The van der Waals surface area contributed by atoms with E-state index in [0.717, 1.165) is 5.92 Å². The van der Waals surface area contributed by atoms with Crippen LogP contribution in [0.5, 0.6) is 0 Å². The van der Waals surface area contributed by atoms with E-state index in [9.17, 15) is 0 Å². The van der Waals surface area contributed by atoms with Gasteiger partial charge in [0.2, 0.25) is 0 Å². The number of aliphatic hydroxyl groups is 1. The molecule has 2 nitrogen and oxygen atoms in total. The van der Waals surface area contributed by atoms with Gasteiger partial charge in [0.05, 0.1) is 6.61 Å². The fraction of sp³-hybridized carbons (Fsp3) is 0.333. The van der Waals surface area contributed by atoms with Crippen molar-refractivity contribution in [1.29, 1.82) is 0 Å². The zero-order valence-corrected chi connectivity index (χ0v) is 12.3. The van der Waals surface area contributed by atoms with Gasteiger partial charge in [-0.25, -0.2) is 0 Å². The molecule has 2 aliphatic rings. The Morgan fingerprint density at radius 3 is 1.89 bits per heavy atom. The minimum atomic E-state index is 0. The number of aliphatic hydroxyl groups excluding tert-OH is 1. The van der Waals surface area contributed by atoms with Crippen LogP contribution in [0.1, 0.15) is 6.92 Å². The van der Waals surface area contributed by atoms with Crippen molar-refractivity contribution in [2.75, 3.05) is 20.7 Å². The molecule has 0 aromatic carbocycles. The summed E-state index contributed by atoms with van der Waals surface area (Å²) in [6, 6.07) is 0.377. The maximum atomic E-state index is 9.02. The predicted molar refractivity (Wildman–Crippen MR) is 71.1 cm³/mol. The standard InChI is InChI=1S/C10H16NO.C5H5.Fe/c1-8(11(2)3)10-6-4-5-9(10)7-12;1-2-4-5-3-1;/h4-6,8,12H,7H2,1-3H3;1-5H;/q;;+2/t8-;;/m0../s1. The molecule has 0 unspecified atom stereocenters. The molecule has 0 heterocycles. The molecule has 0 aromatic rings. The number of nitrogens with zero attached hydrogens (tertiary/aromatic N) is 1. The molecule has 1 N–H and O–H groups in total. The molecule has 3 heteroatoms. The predicted octanol–water partition coefficient (Wildman–Crippen LogP) is 1.72. The molecule has 0 saturated heterocycles. The molecule has 2 fully saturated rings. The summed E-state index contributed by atoms with van der Waals surface area (Å²) in [4.78, 5) is 2.13. The van der Waals surface area contributed by atoms with Crippen molar-refractivity contribution in [1.82, 2.24) is 4.90 Å². The van der Waals surface area contributed by atoms with Crippen LogP contribution in [0.3, 0.4) is 0 Å². The molecule has 0 spiro atoms. The Labute approximate surface area is 124 Å². The second kappa shape index (κ2) is 10.3. The van der Waals surface area contributed by atoms with E-state index in [1.54, 1.807) is 0 Å². The van der Waals surface area contributed by atoms with Crippen LogP contribution in [0.2, 0.25) is 0 Å². The van der Waals surface area contributed by atoms with Crippen LogP contribution < -0.4 is 0 Å². The smallest absolute Gasteiger partial charge is 0.396 e. The van der Waals surface area contributed by atoms with Crippen LogP contribution in [0, 0.1) is 63.2 Å². The number of hydrogen-bond acceptors (Lipinski definition) is 2. The van der Waals surface area contributed by atoms with E-state index >= 15 is 0 Å². The molecule has 2 saturated carbocycles. The van der Waals surface area contributed by atoms with Gasteiger partial charge in [-0.05, 0) is 72.4 Å². The van der Waals surface area contributed by atoms with Crippen molar-refractivity contribution < 1.29 is 22.2 Å². The maximum Gasteiger partial charge on any atom is 2.00 e. The molecule has 0 aliphatic heterocycles. The first kappa shape index (κ1) is 18.4. The van der Waals surface area contributed by atoms with Gasteiger partial charge in [-0.2, -0.15) is 0 Å². The molecule has 0 amide bonds. The van der Waals surface area contributed by atoms with Gasteiger partial charge in [-0.3, -0.25) is 0 Å². The molecule has 18 heavy (non-hydrogen) atoms. The quantitative estimate of drug-likeness (QED) is 0.799. The first-order valence-corrected chi connectivity index (χ1v) is 5.85. The Morgan fingerprint density at radius 1 is 1.00 bits per heavy atom. The fourth-order valence-corrected chi connectivity index (χ4v) is 1.62. The van der Waals surface area contributed by atoms with Crippen LogP contribution in [0.4, 0.5) is 0 Å². The van der Waals surface area contributed by atoms with Crippen molar-refractivity contribution in [3.63, 3.8) is 0 Å². The molecule has 0 aromatic heterocycles. The summed E-state index contributed by atoms with van der Waals surface area (Å²) in [6.07, 6.45) is 16.0. The average Bonchev–Trinajstić information content (AvgIpc) is 3.01. The zero-order valence-electron chi connectivity index (χ0n) is 11.2. The summed E-state index contributed by atoms with van der Waals surface area (Å²) in [5.74, 6) is 2.26. The van der Waals surface area contributed by atoms with Crippen molar-refractivity contribution in [2.24, 2.45) is 0 Å². The van der Waals surface area contributed by atoms with Crippen LogP contribution in [-0.4, -0.2) is 36.8 Å². The Kier molecular flexibility index (Phi) is 10.5. The zero-order chi connectivity index (χ0) is 12.7. The second-order valence-electron chi connectivity index (χ2n) is 4.27. The van der Waals surface area contributed by atoms with Crippen molar-refractivity contribution in [2.45, 2.75) is 13.0 Å². The SMILES string of the molecule is C[C@@H]([C]1[CH][CH][CH][C]1CO)N(C)C.[CH]1[CH][CH][CH][CH]1.[Fe+2]. The third-order valence-corrected chi connectivity index (χ3v) is 2.89. The Bertz CT molecular complexity index is 187. The number of hydrogen-bond donors (Lipinski definition) is 1. The Balaban J connectivity index is 0.000000405. The molecule has 2 rings (SSSR count). The van der Waals surface area contributed by atoms with Gasteiger partial charge >= 0.3 is 17.1 Å². The van der Waals surface area contributed by atoms with Gasteiger partial charge < -0.3 is 10.0 Å². The van der Waals surface area contributed by atoms with Gasteiger partial charge in [0, 0.05) is 17.9 Å². The van der Waals surface area contributed by atoms with Gasteiger partial charge in [0.1, 0.15) is 0 Å². The van der Waals surface area contributed by atoms with Gasteiger partial charge in [0.25, 0.3) is 0 Å². The molecule has 0 bridgehead atoms. The van der Waals surface area contributed by atoms with E-state index in [1.807, 2.05) is 59.0 Å². The van der Waals surface area contributed by atoms with E-state index in [0.29, 0.717) is 6.04 Å². The van der Waals surface area contributed by atoms with Gasteiger partial charge in [0.15, 0.2) is 0 Å². The minimum absolute atomic E-state index is 0. The topological polar surface area (TPSA) is 23.5 Å². The molecule has 1 atom stereocenters. The van der Waals surface area contributed by atoms with E-state index in [1.165, 1.54) is 5.92 Å². The van der Waals surface area contributed by atoms with E-state index in [4.69, 9.17) is 5.11 Å². The van der Waals surface area contributed by atoms with E-state index in [-0.39, 0.29) is 23.7 Å². The normalized spacial score (nSPS) is 22.5. The van der Waals surface area contributed by atoms with Gasteiger partial charge in [-0.15, -0.1) is 0 Å². The Hall–Kier alpha value is 0.439. The van der Waals surface area contributed by atoms with Crippen molar-refractivity contribution in [3.05, 3.63) is 63.2 Å². The molecule has 98 valence electrons.